The Morgan fingerprint density at radius 2 is 1.90 bits per heavy atom. The van der Waals surface area contributed by atoms with Gasteiger partial charge < -0.3 is 19.3 Å². The summed E-state index contributed by atoms with van der Waals surface area (Å²) >= 11 is 0. The summed E-state index contributed by atoms with van der Waals surface area (Å²) in [7, 11) is 2.78. The van der Waals surface area contributed by atoms with E-state index in [2.05, 4.69) is 11.9 Å². The van der Waals surface area contributed by atoms with Crippen LogP contribution in [-0.4, -0.2) is 38.0 Å². The number of amides is 1. The number of hydrogen-bond donors (Lipinski definition) is 2. The number of carbonyl (C=O) groups excluding carboxylic acids is 1. The van der Waals surface area contributed by atoms with E-state index in [-0.39, 0.29) is 29.4 Å². The minimum atomic E-state index is -1.22. The average molecular weight is 281 g/mol. The van der Waals surface area contributed by atoms with Crippen molar-refractivity contribution in [2.75, 3.05) is 26.1 Å². The number of ether oxygens (including phenoxy) is 3. The predicted molar refractivity (Wildman–Crippen MR) is 71.7 cm³/mol. The van der Waals surface area contributed by atoms with E-state index in [9.17, 15) is 9.59 Å². The maximum atomic E-state index is 11.5. The molecule has 108 valence electrons. The van der Waals surface area contributed by atoms with Crippen LogP contribution in [0.4, 0.5) is 10.5 Å². The van der Waals surface area contributed by atoms with E-state index in [1.165, 1.54) is 32.4 Å². The second kappa shape index (κ2) is 7.03. The lowest BCUT2D eigenvalue weighted by Crippen LogP contribution is -2.16. The summed E-state index contributed by atoms with van der Waals surface area (Å²) in [5.41, 5.74) is -0.0950. The van der Waals surface area contributed by atoms with E-state index in [1.54, 1.807) is 0 Å². The molecule has 0 saturated carbocycles. The van der Waals surface area contributed by atoms with Crippen LogP contribution in [0.25, 0.3) is 0 Å². The Morgan fingerprint density at radius 1 is 1.30 bits per heavy atom. The third-order valence-electron chi connectivity index (χ3n) is 2.32. The molecule has 0 heterocycles. The van der Waals surface area contributed by atoms with Gasteiger partial charge in [0.1, 0.15) is 6.61 Å². The lowest BCUT2D eigenvalue weighted by molar-refractivity contribution is 0.0697. The van der Waals surface area contributed by atoms with Crippen molar-refractivity contribution in [1.82, 2.24) is 0 Å². The molecular weight excluding hydrogens is 266 g/mol. The van der Waals surface area contributed by atoms with Crippen molar-refractivity contribution in [1.29, 1.82) is 0 Å². The van der Waals surface area contributed by atoms with Gasteiger partial charge in [0.2, 0.25) is 0 Å². The smallest absolute Gasteiger partial charge is 0.411 e. The van der Waals surface area contributed by atoms with Crippen molar-refractivity contribution in [2.45, 2.75) is 0 Å². The fourth-order valence-corrected chi connectivity index (χ4v) is 1.44. The van der Waals surface area contributed by atoms with Gasteiger partial charge in [0.15, 0.2) is 11.5 Å². The highest BCUT2D eigenvalue weighted by Gasteiger charge is 2.18. The van der Waals surface area contributed by atoms with Crippen molar-refractivity contribution < 1.29 is 28.9 Å². The molecule has 0 bridgehead atoms. The quantitative estimate of drug-likeness (QED) is 0.776. The average Bonchev–Trinajstić information content (AvgIpc) is 2.44. The third kappa shape index (κ3) is 3.64. The Hall–Kier alpha value is -2.70. The van der Waals surface area contributed by atoms with Crippen LogP contribution < -0.4 is 14.8 Å². The van der Waals surface area contributed by atoms with E-state index in [1.807, 2.05) is 0 Å². The van der Waals surface area contributed by atoms with Gasteiger partial charge in [-0.3, -0.25) is 5.32 Å². The second-order valence-electron chi connectivity index (χ2n) is 3.57. The van der Waals surface area contributed by atoms with Gasteiger partial charge in [-0.2, -0.15) is 0 Å². The van der Waals surface area contributed by atoms with E-state index in [0.29, 0.717) is 0 Å². The number of nitrogens with one attached hydrogen (secondary N) is 1. The van der Waals surface area contributed by atoms with Crippen molar-refractivity contribution in [3.05, 3.63) is 30.4 Å². The molecule has 0 fully saturated rings. The maximum Gasteiger partial charge on any atom is 0.411 e. The number of carboxylic acid groups (broad SMARTS) is 1. The number of anilines is 1. The van der Waals surface area contributed by atoms with Gasteiger partial charge in [0.25, 0.3) is 0 Å². The Balaban J connectivity index is 3.12. The molecule has 0 aliphatic rings. The molecule has 20 heavy (non-hydrogen) atoms. The molecular formula is C13H15NO6. The summed E-state index contributed by atoms with van der Waals surface area (Å²) in [5, 5.41) is 11.5. The van der Waals surface area contributed by atoms with E-state index in [4.69, 9.17) is 19.3 Å². The molecule has 0 aliphatic carbocycles. The molecule has 0 aromatic heterocycles. The molecule has 0 saturated heterocycles. The first-order chi connectivity index (χ1) is 9.53. The van der Waals surface area contributed by atoms with E-state index in [0.717, 1.165) is 0 Å². The first-order valence-electron chi connectivity index (χ1n) is 5.57. The van der Waals surface area contributed by atoms with Crippen molar-refractivity contribution in [3.8, 4) is 11.5 Å². The first-order valence-corrected chi connectivity index (χ1v) is 5.57. The monoisotopic (exact) mass is 281 g/mol. The lowest BCUT2D eigenvalue weighted by Gasteiger charge is -2.13. The number of rotatable bonds is 6. The number of benzene rings is 1. The van der Waals surface area contributed by atoms with E-state index >= 15 is 0 Å². The molecule has 0 atom stereocenters. The molecule has 1 rings (SSSR count). The number of methoxy groups -OCH3 is 2. The lowest BCUT2D eigenvalue weighted by atomic mass is 10.1. The first kappa shape index (κ1) is 15.4. The summed E-state index contributed by atoms with van der Waals surface area (Å²) in [6, 6.07) is 2.60. The van der Waals surface area contributed by atoms with Gasteiger partial charge in [0.05, 0.1) is 25.5 Å². The van der Waals surface area contributed by atoms with Crippen LogP contribution >= 0.6 is 0 Å². The Kier molecular flexibility index (Phi) is 5.40. The van der Waals surface area contributed by atoms with Crippen LogP contribution in [0.2, 0.25) is 0 Å². The zero-order chi connectivity index (χ0) is 15.1. The Morgan fingerprint density at radius 3 is 2.40 bits per heavy atom. The van der Waals surface area contributed by atoms with Crippen molar-refractivity contribution in [2.24, 2.45) is 0 Å². The number of carbonyl (C=O) groups is 2. The summed E-state index contributed by atoms with van der Waals surface area (Å²) in [4.78, 5) is 22.6. The SMILES string of the molecule is C=CCOC(=O)Nc1cc(OC)c(OC)cc1C(=O)O. The Bertz CT molecular complexity index is 526. The molecule has 1 aromatic carbocycles. The van der Waals surface area contributed by atoms with Crippen LogP contribution in [-0.2, 0) is 4.74 Å². The van der Waals surface area contributed by atoms with Gasteiger partial charge in [-0.15, -0.1) is 0 Å². The molecule has 0 unspecified atom stereocenters. The minimum Gasteiger partial charge on any atom is -0.493 e. The number of hydrogen-bond acceptors (Lipinski definition) is 5. The number of aromatic carboxylic acids is 1. The van der Waals surface area contributed by atoms with Gasteiger partial charge in [-0.05, 0) is 0 Å². The second-order valence-corrected chi connectivity index (χ2v) is 3.57. The summed E-state index contributed by atoms with van der Waals surface area (Å²) in [6.07, 6.45) is 0.603. The fraction of sp³-hybridized carbons (Fsp3) is 0.231. The molecule has 1 amide bonds. The topological polar surface area (TPSA) is 94.1 Å². The van der Waals surface area contributed by atoms with Gasteiger partial charge in [0, 0.05) is 12.1 Å². The van der Waals surface area contributed by atoms with E-state index < -0.39 is 12.1 Å². The molecule has 0 radical (unpaired) electrons. The highest BCUT2D eigenvalue weighted by Crippen LogP contribution is 2.33. The van der Waals surface area contributed by atoms with Crippen molar-refractivity contribution in [3.63, 3.8) is 0 Å². The number of carboxylic acids is 1. The summed E-state index contributed by atoms with van der Waals surface area (Å²) in [5.74, 6) is -0.684. The van der Waals surface area contributed by atoms with Crippen LogP contribution in [0.5, 0.6) is 11.5 Å². The van der Waals surface area contributed by atoms with Gasteiger partial charge in [-0.1, -0.05) is 12.7 Å². The predicted octanol–water partition coefficient (Wildman–Crippen LogP) is 2.14. The molecule has 7 nitrogen and oxygen atoms in total. The fourth-order valence-electron chi connectivity index (χ4n) is 1.44. The molecule has 0 aliphatic heterocycles. The van der Waals surface area contributed by atoms with Crippen LogP contribution in [0.3, 0.4) is 0 Å². The highest BCUT2D eigenvalue weighted by atomic mass is 16.5. The minimum absolute atomic E-state index is 0.0154. The largest absolute Gasteiger partial charge is 0.493 e. The third-order valence-corrected chi connectivity index (χ3v) is 2.32. The van der Waals surface area contributed by atoms with Gasteiger partial charge in [-0.25, -0.2) is 9.59 Å². The molecule has 2 N–H and O–H groups in total. The molecule has 1 aromatic rings. The standard InChI is InChI=1S/C13H15NO6/c1-4-5-20-13(17)14-9-7-11(19-3)10(18-2)6-8(9)12(15)16/h4,6-7H,1,5H2,2-3H3,(H,14,17)(H,15,16). The summed E-state index contributed by atoms with van der Waals surface area (Å²) in [6.45, 7) is 3.42. The zero-order valence-electron chi connectivity index (χ0n) is 11.1. The normalized spacial score (nSPS) is 9.50. The summed E-state index contributed by atoms with van der Waals surface area (Å²) < 4.78 is 14.8. The maximum absolute atomic E-state index is 11.5. The molecule has 7 heteroatoms. The Labute approximate surface area is 115 Å². The van der Waals surface area contributed by atoms with Gasteiger partial charge >= 0.3 is 12.1 Å². The molecule has 0 spiro atoms. The zero-order valence-corrected chi connectivity index (χ0v) is 11.1. The van der Waals surface area contributed by atoms with Crippen LogP contribution in [0.15, 0.2) is 24.8 Å². The van der Waals surface area contributed by atoms with Crippen molar-refractivity contribution >= 4 is 17.7 Å². The van der Waals surface area contributed by atoms with Crippen LogP contribution in [0.1, 0.15) is 10.4 Å². The van der Waals surface area contributed by atoms with Crippen LogP contribution in [0, 0.1) is 0 Å². The highest BCUT2D eigenvalue weighted by molar-refractivity contribution is 5.99.